The summed E-state index contributed by atoms with van der Waals surface area (Å²) in [6.07, 6.45) is 5.61. The molecule has 25 rings (SSSR count). The van der Waals surface area contributed by atoms with Crippen LogP contribution in [0.2, 0.25) is 0 Å². The molecule has 17 aromatic carbocycles. The summed E-state index contributed by atoms with van der Waals surface area (Å²) < 4.78 is 9.45. The number of pyridine rings is 4. The van der Waals surface area contributed by atoms with E-state index in [-0.39, 0.29) is 0 Å². The highest BCUT2D eigenvalue weighted by Gasteiger charge is 2.23. The van der Waals surface area contributed by atoms with Crippen molar-refractivity contribution >= 4 is 120 Å². The molecule has 0 aliphatic heterocycles. The third kappa shape index (κ3) is 12.2. The second kappa shape index (κ2) is 29.7. The third-order valence-electron chi connectivity index (χ3n) is 24.9. The third-order valence-corrected chi connectivity index (χ3v) is 24.9. The Kier molecular flexibility index (Phi) is 17.1. The molecular formula is C116H74N8. The number of nitrogens with zero attached hydrogens (tertiary/aromatic N) is 8. The van der Waals surface area contributed by atoms with Crippen LogP contribution in [-0.4, -0.2) is 38.2 Å². The van der Waals surface area contributed by atoms with Gasteiger partial charge in [-0.25, -0.2) is 9.97 Å². The standard InChI is InChI=1S/C60H38N4.C56H36N4/c1-3-18-45(19-4-1)63-56-25-9-7-22-48(56)52-36-41(28-31-58(52)63)40-27-30-54-51(35-40)50(43-16-11-15-42(34-43)47-24-12-14-39-17-13-33-61-60(39)47)38-55(62-54)44-29-32-59-53(37-44)49-23-8-10-26-57(49)64(59)46-20-5-2-6-21-46;1-3-13-43(14-4-1)59-53-19-9-7-17-45(53)49-33-40(26-29-55(49)59)39-25-28-51-48(32-39)47(38-23-21-37(22-24-38)42-12-11-31-57-36-42)35-52(58-51)41-27-30-56-50(34-41)46-18-8-10-20-54(46)60(56)44-15-5-2-6-16-44/h1-38H;1-36H. The van der Waals surface area contributed by atoms with Crippen molar-refractivity contribution in [2.45, 2.75) is 0 Å². The number of fused-ring (bicyclic) bond motifs is 15. The molecule has 25 aromatic rings. The molecule has 0 fully saturated rings. The highest BCUT2D eigenvalue weighted by Crippen LogP contribution is 2.45. The first-order valence-corrected chi connectivity index (χ1v) is 42.2. The predicted octanol–water partition coefficient (Wildman–Crippen LogP) is 30.1. The number of rotatable bonds is 12. The fraction of sp³-hybridized carbons (Fsp3) is 0. The zero-order valence-electron chi connectivity index (χ0n) is 67.3. The maximum absolute atomic E-state index is 5.45. The van der Waals surface area contributed by atoms with Gasteiger partial charge in [-0.2, -0.15) is 0 Å². The quantitative estimate of drug-likeness (QED) is 0.122. The van der Waals surface area contributed by atoms with Crippen molar-refractivity contribution in [2.75, 3.05) is 0 Å². The smallest absolute Gasteiger partial charge is 0.0780 e. The van der Waals surface area contributed by atoms with Crippen molar-refractivity contribution in [1.82, 2.24) is 38.2 Å². The van der Waals surface area contributed by atoms with E-state index in [1.807, 2.05) is 30.7 Å². The summed E-state index contributed by atoms with van der Waals surface area (Å²) in [7, 11) is 0. The fourth-order valence-corrected chi connectivity index (χ4v) is 19.1. The lowest BCUT2D eigenvalue weighted by Crippen LogP contribution is -1.94. The van der Waals surface area contributed by atoms with Gasteiger partial charge in [0.15, 0.2) is 0 Å². The molecule has 0 bridgehead atoms. The highest BCUT2D eigenvalue weighted by atomic mass is 15.0. The second-order valence-corrected chi connectivity index (χ2v) is 32.0. The Morgan fingerprint density at radius 2 is 0.500 bits per heavy atom. The Morgan fingerprint density at radius 3 is 0.927 bits per heavy atom. The molecule has 0 radical (unpaired) electrons. The van der Waals surface area contributed by atoms with Crippen LogP contribution < -0.4 is 0 Å². The van der Waals surface area contributed by atoms with E-state index in [9.17, 15) is 0 Å². The van der Waals surface area contributed by atoms with Crippen molar-refractivity contribution in [3.8, 4) is 112 Å². The van der Waals surface area contributed by atoms with Crippen LogP contribution in [0, 0.1) is 0 Å². The van der Waals surface area contributed by atoms with E-state index in [0.717, 1.165) is 139 Å². The summed E-state index contributed by atoms with van der Waals surface area (Å²) in [6.45, 7) is 0. The van der Waals surface area contributed by atoms with Crippen molar-refractivity contribution in [1.29, 1.82) is 0 Å². The van der Waals surface area contributed by atoms with Gasteiger partial charge in [0.1, 0.15) is 0 Å². The summed E-state index contributed by atoms with van der Waals surface area (Å²) >= 11 is 0. The van der Waals surface area contributed by atoms with Crippen molar-refractivity contribution in [2.24, 2.45) is 0 Å². The molecule has 8 aromatic heterocycles. The average Bonchev–Trinajstić information content (AvgIpc) is 1.54. The maximum Gasteiger partial charge on any atom is 0.0780 e. The molecule has 0 aliphatic rings. The zero-order chi connectivity index (χ0) is 81.7. The second-order valence-electron chi connectivity index (χ2n) is 32.0. The molecule has 8 nitrogen and oxygen atoms in total. The van der Waals surface area contributed by atoms with E-state index >= 15 is 0 Å². The van der Waals surface area contributed by atoms with E-state index in [2.05, 4.69) is 442 Å². The van der Waals surface area contributed by atoms with Crippen LogP contribution >= 0.6 is 0 Å². The minimum absolute atomic E-state index is 0.932. The molecule has 0 saturated carbocycles. The Balaban J connectivity index is 0.000000140. The Bertz CT molecular complexity index is 8520. The van der Waals surface area contributed by atoms with Crippen LogP contribution in [0.25, 0.3) is 232 Å². The first-order valence-electron chi connectivity index (χ1n) is 42.2. The van der Waals surface area contributed by atoms with Gasteiger partial charge in [0.2, 0.25) is 0 Å². The van der Waals surface area contributed by atoms with Crippen molar-refractivity contribution < 1.29 is 0 Å². The number of hydrogen-bond donors (Lipinski definition) is 0. The van der Waals surface area contributed by atoms with Crippen LogP contribution in [0.3, 0.4) is 0 Å². The summed E-state index contributed by atoms with van der Waals surface area (Å²) in [4.78, 5) is 20.0. The van der Waals surface area contributed by atoms with Crippen LogP contribution in [0.15, 0.2) is 449 Å². The summed E-state index contributed by atoms with van der Waals surface area (Å²) in [5.74, 6) is 0. The zero-order valence-corrected chi connectivity index (χ0v) is 67.3. The molecular weight excluding hydrogens is 1510 g/mol. The van der Waals surface area contributed by atoms with Crippen LogP contribution in [0.1, 0.15) is 0 Å². The largest absolute Gasteiger partial charge is 0.309 e. The molecule has 0 amide bonds. The Hall–Kier alpha value is -16.7. The number of benzene rings is 17. The van der Waals surface area contributed by atoms with Crippen LogP contribution in [0.4, 0.5) is 0 Å². The topological polar surface area (TPSA) is 71.3 Å². The lowest BCUT2D eigenvalue weighted by atomic mass is 9.92. The summed E-state index contributed by atoms with van der Waals surface area (Å²) in [5.41, 5.74) is 34.6. The fourth-order valence-electron chi connectivity index (χ4n) is 19.1. The lowest BCUT2D eigenvalue weighted by Gasteiger charge is -2.14. The average molecular weight is 1580 g/mol. The van der Waals surface area contributed by atoms with Crippen LogP contribution in [-0.2, 0) is 0 Å². The molecule has 0 unspecified atom stereocenters. The maximum atomic E-state index is 5.45. The van der Waals surface area contributed by atoms with Gasteiger partial charge in [0.05, 0.1) is 72.1 Å². The molecule has 578 valence electrons. The van der Waals surface area contributed by atoms with Crippen molar-refractivity contribution in [3.05, 3.63) is 449 Å². The monoisotopic (exact) mass is 1580 g/mol. The van der Waals surface area contributed by atoms with E-state index < -0.39 is 0 Å². The first kappa shape index (κ1) is 71.4. The number of para-hydroxylation sites is 9. The van der Waals surface area contributed by atoms with Gasteiger partial charge in [0, 0.05) is 117 Å². The van der Waals surface area contributed by atoms with Gasteiger partial charge in [0.25, 0.3) is 0 Å². The number of aromatic nitrogens is 8. The van der Waals surface area contributed by atoms with Gasteiger partial charge in [-0.05, 0) is 237 Å². The first-order chi connectivity index (χ1) is 61.5. The van der Waals surface area contributed by atoms with Gasteiger partial charge in [-0.3, -0.25) is 9.97 Å². The van der Waals surface area contributed by atoms with Crippen LogP contribution in [0.5, 0.6) is 0 Å². The summed E-state index contributed by atoms with van der Waals surface area (Å²) in [6, 6.07) is 155. The van der Waals surface area contributed by atoms with E-state index in [4.69, 9.17) is 15.0 Å². The Morgan fingerprint density at radius 1 is 0.177 bits per heavy atom. The lowest BCUT2D eigenvalue weighted by molar-refractivity contribution is 1.18. The minimum atomic E-state index is 0.932. The predicted molar refractivity (Wildman–Crippen MR) is 517 cm³/mol. The molecule has 0 spiro atoms. The van der Waals surface area contributed by atoms with E-state index in [1.54, 1.807) is 0 Å². The molecule has 8 heteroatoms. The molecule has 124 heavy (non-hydrogen) atoms. The van der Waals surface area contributed by atoms with Gasteiger partial charge in [-0.15, -0.1) is 0 Å². The van der Waals surface area contributed by atoms with Gasteiger partial charge in [-0.1, -0.05) is 255 Å². The van der Waals surface area contributed by atoms with E-state index in [0.29, 0.717) is 0 Å². The van der Waals surface area contributed by atoms with E-state index in [1.165, 1.54) is 92.8 Å². The SMILES string of the molecule is c1ccc(-n2c3ccccc3c3cc(-c4ccc5nc(-c6ccc7c(c6)c6ccccc6n7-c6ccccc6)cc(-c6ccc(-c7cccnc7)cc6)c5c4)ccc32)cc1.c1ccc(-n2c3ccccc3c3cc(-c4ccc5nc(-c6ccc7c(c6)c6ccccc6n7-c6ccccc6)cc(-c6cccc(-c7cccc8cccnc78)c6)c5c4)ccc32)cc1. The number of hydrogen-bond acceptors (Lipinski definition) is 4. The minimum Gasteiger partial charge on any atom is -0.309 e. The molecule has 0 saturated heterocycles. The molecule has 0 N–H and O–H groups in total. The Labute approximate surface area is 714 Å². The summed E-state index contributed by atoms with van der Waals surface area (Å²) in [5, 5.41) is 13.1. The highest BCUT2D eigenvalue weighted by molar-refractivity contribution is 6.15. The van der Waals surface area contributed by atoms with Gasteiger partial charge < -0.3 is 18.3 Å². The van der Waals surface area contributed by atoms with Crippen molar-refractivity contribution in [3.63, 3.8) is 0 Å². The molecule has 0 aliphatic carbocycles. The molecule has 8 heterocycles. The molecule has 0 atom stereocenters. The normalized spacial score (nSPS) is 11.7. The van der Waals surface area contributed by atoms with Gasteiger partial charge >= 0.3 is 0 Å².